The van der Waals surface area contributed by atoms with Crippen molar-refractivity contribution in [3.8, 4) is 0 Å². The normalized spacial score (nSPS) is 15.4. The van der Waals surface area contributed by atoms with Crippen LogP contribution in [0.15, 0.2) is 21.4 Å². The number of likely N-dealkylation sites (tertiary alicyclic amines) is 1. The lowest BCUT2D eigenvalue weighted by atomic mass is 9.97. The molecule has 0 saturated carbocycles. The summed E-state index contributed by atoms with van der Waals surface area (Å²) in [6.45, 7) is 3.13. The molecule has 1 fully saturated rings. The molecule has 0 radical (unpaired) electrons. The molecule has 1 saturated heterocycles. The second-order valence-electron chi connectivity index (χ2n) is 6.03. The summed E-state index contributed by atoms with van der Waals surface area (Å²) in [6.07, 6.45) is 3.03. The van der Waals surface area contributed by atoms with E-state index < -0.39 is 0 Å². The highest BCUT2D eigenvalue weighted by Crippen LogP contribution is 2.21. The summed E-state index contributed by atoms with van der Waals surface area (Å²) in [6, 6.07) is 1.81. The highest BCUT2D eigenvalue weighted by atomic mass is 32.2. The Hall–Kier alpha value is -1.87. The molecule has 1 aliphatic heterocycles. The second kappa shape index (κ2) is 8.22. The Morgan fingerprint density at radius 2 is 2.12 bits per heavy atom. The molecule has 26 heavy (non-hydrogen) atoms. The third-order valence-electron chi connectivity index (χ3n) is 4.47. The van der Waals surface area contributed by atoms with Gasteiger partial charge in [0.15, 0.2) is 5.16 Å². The fraction of sp³-hybridized carbons (Fsp3) is 0.529. The lowest BCUT2D eigenvalue weighted by Gasteiger charge is -2.31. The van der Waals surface area contributed by atoms with Gasteiger partial charge in [-0.25, -0.2) is 4.98 Å². The van der Waals surface area contributed by atoms with Crippen molar-refractivity contribution >= 4 is 45.2 Å². The van der Waals surface area contributed by atoms with Crippen molar-refractivity contribution in [3.63, 3.8) is 0 Å². The van der Waals surface area contributed by atoms with Gasteiger partial charge in [0.1, 0.15) is 11.2 Å². The van der Waals surface area contributed by atoms with Crippen LogP contribution in [-0.4, -0.2) is 52.3 Å². The first-order valence-electron chi connectivity index (χ1n) is 8.51. The summed E-state index contributed by atoms with van der Waals surface area (Å²) >= 11 is 2.69. The van der Waals surface area contributed by atoms with E-state index in [1.54, 1.807) is 11.8 Å². The van der Waals surface area contributed by atoms with E-state index in [1.165, 1.54) is 27.7 Å². The molecule has 0 unspecified atom stereocenters. The van der Waals surface area contributed by atoms with Crippen molar-refractivity contribution < 1.29 is 14.3 Å². The van der Waals surface area contributed by atoms with Gasteiger partial charge in [0.2, 0.25) is 5.91 Å². The lowest BCUT2D eigenvalue weighted by molar-refractivity contribution is -0.151. The van der Waals surface area contributed by atoms with Crippen molar-refractivity contribution in [1.82, 2.24) is 14.5 Å². The third-order valence-corrected chi connectivity index (χ3v) is 6.04. The van der Waals surface area contributed by atoms with E-state index in [4.69, 9.17) is 4.74 Å². The molecule has 0 bridgehead atoms. The number of fused-ring (bicyclic) bond motifs is 1. The van der Waals surface area contributed by atoms with Crippen molar-refractivity contribution in [1.29, 1.82) is 0 Å². The van der Waals surface area contributed by atoms with Crippen LogP contribution >= 0.6 is 23.1 Å². The van der Waals surface area contributed by atoms with E-state index in [2.05, 4.69) is 4.98 Å². The van der Waals surface area contributed by atoms with Gasteiger partial charge in [-0.1, -0.05) is 11.8 Å². The summed E-state index contributed by atoms with van der Waals surface area (Å²) in [7, 11) is 0. The summed E-state index contributed by atoms with van der Waals surface area (Å²) < 4.78 is 7.07. The minimum absolute atomic E-state index is 0.0279. The number of piperidine rings is 1. The summed E-state index contributed by atoms with van der Waals surface area (Å²) in [5, 5.41) is 2.37. The summed E-state index contributed by atoms with van der Waals surface area (Å²) in [4.78, 5) is 43.4. The van der Waals surface area contributed by atoms with Crippen molar-refractivity contribution in [2.75, 3.05) is 26.0 Å². The fourth-order valence-electron chi connectivity index (χ4n) is 3.08. The summed E-state index contributed by atoms with van der Waals surface area (Å²) in [5.41, 5.74) is 0.493. The van der Waals surface area contributed by atoms with E-state index >= 15 is 0 Å². The average Bonchev–Trinajstić information content (AvgIpc) is 3.13. The first kappa shape index (κ1) is 18.9. The number of ether oxygens (including phenoxy) is 1. The van der Waals surface area contributed by atoms with Crippen LogP contribution in [0.3, 0.4) is 0 Å². The van der Waals surface area contributed by atoms with Crippen LogP contribution in [0.4, 0.5) is 0 Å². The molecule has 1 aliphatic rings. The number of hydrogen-bond acceptors (Lipinski definition) is 7. The summed E-state index contributed by atoms with van der Waals surface area (Å²) in [5.74, 6) is -0.456. The van der Waals surface area contributed by atoms with Gasteiger partial charge in [0, 0.05) is 13.1 Å². The van der Waals surface area contributed by atoms with Crippen LogP contribution in [0.1, 0.15) is 19.8 Å². The topological polar surface area (TPSA) is 81.5 Å². The molecule has 7 nitrogen and oxygen atoms in total. The van der Waals surface area contributed by atoms with Crippen LogP contribution in [0.25, 0.3) is 10.2 Å². The third kappa shape index (κ3) is 3.78. The van der Waals surface area contributed by atoms with E-state index in [0.717, 1.165) is 0 Å². The zero-order chi connectivity index (χ0) is 18.7. The molecule has 0 aliphatic carbocycles. The average molecular weight is 396 g/mol. The van der Waals surface area contributed by atoms with Crippen LogP contribution < -0.4 is 5.56 Å². The maximum absolute atomic E-state index is 12.7. The molecule has 1 amide bonds. The number of amides is 1. The number of thioether (sulfide) groups is 1. The van der Waals surface area contributed by atoms with Crippen LogP contribution in [0, 0.1) is 5.92 Å². The highest BCUT2D eigenvalue weighted by molar-refractivity contribution is 7.98. The predicted molar refractivity (Wildman–Crippen MR) is 102 cm³/mol. The molecule has 3 heterocycles. The number of nitrogens with zero attached hydrogens (tertiary/aromatic N) is 3. The van der Waals surface area contributed by atoms with Crippen LogP contribution in [0.2, 0.25) is 0 Å². The monoisotopic (exact) mass is 395 g/mol. The quantitative estimate of drug-likeness (QED) is 0.437. The SMILES string of the molecule is CCOC(=O)C1CCN(C(=O)Cn2c(SC)nc3ccsc3c2=O)CC1. The van der Waals surface area contributed by atoms with Gasteiger partial charge in [-0.3, -0.25) is 19.0 Å². The second-order valence-corrected chi connectivity index (χ2v) is 7.72. The van der Waals surface area contributed by atoms with Gasteiger partial charge in [0.25, 0.3) is 5.56 Å². The highest BCUT2D eigenvalue weighted by Gasteiger charge is 2.28. The van der Waals surface area contributed by atoms with Crippen molar-refractivity contribution in [2.45, 2.75) is 31.5 Å². The van der Waals surface area contributed by atoms with Crippen molar-refractivity contribution in [2.24, 2.45) is 5.92 Å². The Labute approximate surface area is 159 Å². The molecule has 0 spiro atoms. The van der Waals surface area contributed by atoms with Gasteiger partial charge < -0.3 is 9.64 Å². The lowest BCUT2D eigenvalue weighted by Crippen LogP contribution is -2.43. The molecule has 9 heteroatoms. The molecule has 2 aromatic heterocycles. The molecule has 3 rings (SSSR count). The van der Waals surface area contributed by atoms with E-state index in [9.17, 15) is 14.4 Å². The number of rotatable bonds is 5. The zero-order valence-electron chi connectivity index (χ0n) is 14.8. The van der Waals surface area contributed by atoms with Crippen LogP contribution in [-0.2, 0) is 20.9 Å². The number of esters is 1. The number of carbonyl (C=O) groups is 2. The Bertz CT molecular complexity index is 869. The molecule has 0 aromatic carbocycles. The van der Waals surface area contributed by atoms with E-state index in [0.29, 0.717) is 47.9 Å². The Morgan fingerprint density at radius 1 is 1.38 bits per heavy atom. The van der Waals surface area contributed by atoms with E-state index in [-0.39, 0.29) is 29.9 Å². The maximum Gasteiger partial charge on any atom is 0.309 e. The standard InChI is InChI=1S/C17H21N3O4S2/c1-3-24-16(23)11-4-7-19(8-5-11)13(21)10-20-15(22)14-12(6-9-26-14)18-17(20)25-2/h6,9,11H,3-5,7-8,10H2,1-2H3. The maximum atomic E-state index is 12.7. The number of hydrogen-bond donors (Lipinski definition) is 0. The number of aromatic nitrogens is 2. The first-order chi connectivity index (χ1) is 12.5. The number of carbonyl (C=O) groups excluding carboxylic acids is 2. The Kier molecular flexibility index (Phi) is 5.98. The minimum Gasteiger partial charge on any atom is -0.466 e. The molecule has 2 aromatic rings. The number of thiophene rings is 1. The van der Waals surface area contributed by atoms with Crippen LogP contribution in [0.5, 0.6) is 0 Å². The van der Waals surface area contributed by atoms with Gasteiger partial charge in [-0.05, 0) is 37.5 Å². The molecule has 0 N–H and O–H groups in total. The Balaban J connectivity index is 1.71. The predicted octanol–water partition coefficient (Wildman–Crippen LogP) is 1.98. The van der Waals surface area contributed by atoms with Crippen molar-refractivity contribution in [3.05, 3.63) is 21.8 Å². The minimum atomic E-state index is -0.187. The van der Waals surface area contributed by atoms with E-state index in [1.807, 2.05) is 17.7 Å². The van der Waals surface area contributed by atoms with Gasteiger partial charge >= 0.3 is 5.97 Å². The van der Waals surface area contributed by atoms with Gasteiger partial charge in [0.05, 0.1) is 18.0 Å². The largest absolute Gasteiger partial charge is 0.466 e. The molecule has 140 valence electrons. The fourth-order valence-corrected chi connectivity index (χ4v) is 4.41. The van der Waals surface area contributed by atoms with Gasteiger partial charge in [-0.2, -0.15) is 0 Å². The molecular weight excluding hydrogens is 374 g/mol. The molecule has 0 atom stereocenters. The van der Waals surface area contributed by atoms with Gasteiger partial charge in [-0.15, -0.1) is 11.3 Å². The first-order valence-corrected chi connectivity index (χ1v) is 10.6. The Morgan fingerprint density at radius 3 is 2.77 bits per heavy atom. The molecular formula is C17H21N3O4S2. The smallest absolute Gasteiger partial charge is 0.309 e. The zero-order valence-corrected chi connectivity index (χ0v) is 16.4.